The molecule has 0 N–H and O–H groups in total. The van der Waals surface area contributed by atoms with Gasteiger partial charge >= 0.3 is 6.03 Å². The van der Waals surface area contributed by atoms with Gasteiger partial charge in [-0.15, -0.1) is 10.2 Å². The molecule has 2 saturated heterocycles. The number of methoxy groups -OCH3 is 1. The number of nitrogens with zero attached hydrogens (tertiary/aromatic N) is 6. The fraction of sp³-hybridized carbons (Fsp3) is 0.500. The number of hydrogen-bond donors (Lipinski definition) is 0. The minimum atomic E-state index is -0.0678. The first kappa shape index (κ1) is 18.0. The molecule has 4 rings (SSSR count). The molecule has 0 bridgehead atoms. The second kappa shape index (κ2) is 7.69. The van der Waals surface area contributed by atoms with Gasteiger partial charge in [0.2, 0.25) is 10.3 Å². The third kappa shape index (κ3) is 3.57. The highest BCUT2D eigenvalue weighted by Gasteiger charge is 2.33. The lowest BCUT2D eigenvalue weighted by Gasteiger charge is -2.33. The Morgan fingerprint density at radius 3 is 2.52 bits per heavy atom. The number of likely N-dealkylation sites (N-methyl/N-ethyl adjacent to an activating group) is 1. The van der Waals surface area contributed by atoms with E-state index in [1.54, 1.807) is 16.9 Å². The Hall–Kier alpha value is -2.39. The predicted octanol–water partition coefficient (Wildman–Crippen LogP) is 2.14. The van der Waals surface area contributed by atoms with Crippen LogP contribution in [0.5, 0.6) is 5.75 Å². The number of piperazine rings is 1. The number of aromatic nitrogens is 2. The summed E-state index contributed by atoms with van der Waals surface area (Å²) in [4.78, 5) is 21.1. The first-order valence-corrected chi connectivity index (χ1v) is 10.0. The van der Waals surface area contributed by atoms with E-state index >= 15 is 0 Å². The van der Waals surface area contributed by atoms with Gasteiger partial charge in [-0.2, -0.15) is 0 Å². The molecule has 0 radical (unpaired) electrons. The van der Waals surface area contributed by atoms with Crippen molar-refractivity contribution >= 4 is 33.3 Å². The van der Waals surface area contributed by atoms with E-state index in [0.29, 0.717) is 18.2 Å². The quantitative estimate of drug-likeness (QED) is 0.782. The zero-order valence-electron chi connectivity index (χ0n) is 15.7. The van der Waals surface area contributed by atoms with Gasteiger partial charge < -0.3 is 14.5 Å². The summed E-state index contributed by atoms with van der Waals surface area (Å²) in [6.45, 7) is 8.47. The molecule has 0 spiro atoms. The van der Waals surface area contributed by atoms with Gasteiger partial charge in [-0.1, -0.05) is 24.3 Å². The highest BCUT2D eigenvalue weighted by Crippen LogP contribution is 2.32. The van der Waals surface area contributed by atoms with Crippen molar-refractivity contribution < 1.29 is 9.53 Å². The van der Waals surface area contributed by atoms with E-state index in [1.807, 2.05) is 24.3 Å². The van der Waals surface area contributed by atoms with Crippen LogP contribution in [0.3, 0.4) is 0 Å². The Morgan fingerprint density at radius 2 is 1.78 bits per heavy atom. The van der Waals surface area contributed by atoms with Crippen LogP contribution in [-0.2, 0) is 0 Å². The van der Waals surface area contributed by atoms with Crippen LogP contribution in [0.15, 0.2) is 24.3 Å². The van der Waals surface area contributed by atoms with Gasteiger partial charge in [0.1, 0.15) is 5.75 Å². The fourth-order valence-electron chi connectivity index (χ4n) is 3.43. The molecule has 3 heterocycles. The van der Waals surface area contributed by atoms with Gasteiger partial charge in [0, 0.05) is 51.0 Å². The lowest BCUT2D eigenvalue weighted by atomic mass is 10.3. The number of carbonyl (C=O) groups is 1. The summed E-state index contributed by atoms with van der Waals surface area (Å²) in [5.74, 6) is 0.739. The molecular formula is C18H24N6O2S. The maximum atomic E-state index is 12.9. The molecule has 0 atom stereocenters. The molecule has 1 aromatic carbocycles. The minimum absolute atomic E-state index is 0.0678. The number of hydrogen-bond acceptors (Lipinski definition) is 7. The van der Waals surface area contributed by atoms with Crippen LogP contribution in [0.1, 0.15) is 6.92 Å². The van der Waals surface area contributed by atoms with Crippen LogP contribution >= 0.6 is 11.3 Å². The van der Waals surface area contributed by atoms with Crippen molar-refractivity contribution in [3.63, 3.8) is 0 Å². The third-order valence-electron chi connectivity index (χ3n) is 5.10. The maximum Gasteiger partial charge on any atom is 0.330 e. The zero-order chi connectivity index (χ0) is 18.8. The predicted molar refractivity (Wildman–Crippen MR) is 107 cm³/mol. The van der Waals surface area contributed by atoms with Crippen molar-refractivity contribution in [1.29, 1.82) is 0 Å². The molecule has 2 aliphatic rings. The Labute approximate surface area is 162 Å². The molecule has 0 aliphatic carbocycles. The summed E-state index contributed by atoms with van der Waals surface area (Å²) in [6.07, 6.45) is 0. The van der Waals surface area contributed by atoms with Crippen LogP contribution in [0.25, 0.3) is 0 Å². The first-order valence-electron chi connectivity index (χ1n) is 9.23. The molecule has 2 amide bonds. The van der Waals surface area contributed by atoms with Crippen LogP contribution in [0, 0.1) is 0 Å². The first-order chi connectivity index (χ1) is 13.2. The van der Waals surface area contributed by atoms with Crippen LogP contribution in [0.2, 0.25) is 0 Å². The summed E-state index contributed by atoms with van der Waals surface area (Å²) < 4.78 is 5.27. The minimum Gasteiger partial charge on any atom is -0.497 e. The molecular weight excluding hydrogens is 364 g/mol. The van der Waals surface area contributed by atoms with Crippen LogP contribution in [0.4, 0.5) is 20.7 Å². The van der Waals surface area contributed by atoms with Crippen molar-refractivity contribution in [3.8, 4) is 5.75 Å². The maximum absolute atomic E-state index is 12.9. The number of ether oxygens (including phenoxy) is 1. The van der Waals surface area contributed by atoms with E-state index in [4.69, 9.17) is 4.74 Å². The second-order valence-corrected chi connectivity index (χ2v) is 7.51. The summed E-state index contributed by atoms with van der Waals surface area (Å²) in [5.41, 5.74) is 0.835. The topological polar surface area (TPSA) is 65.0 Å². The highest BCUT2D eigenvalue weighted by atomic mass is 32.1. The summed E-state index contributed by atoms with van der Waals surface area (Å²) in [7, 11) is 1.63. The number of rotatable bonds is 5. The Morgan fingerprint density at radius 1 is 1.04 bits per heavy atom. The standard InChI is InChI=1S/C18H24N6O2S/c1-3-21-7-9-22(10-8-21)16-19-20-17(27-16)24-12-11-23(18(24)25)14-5-4-6-15(13-14)26-2/h4-6,13H,3,7-12H2,1-2H3. The van der Waals surface area contributed by atoms with Crippen molar-refractivity contribution in [2.24, 2.45) is 0 Å². The Balaban J connectivity index is 1.45. The molecule has 2 fully saturated rings. The molecule has 0 saturated carbocycles. The monoisotopic (exact) mass is 388 g/mol. The lowest BCUT2D eigenvalue weighted by Crippen LogP contribution is -2.46. The van der Waals surface area contributed by atoms with Crippen molar-refractivity contribution in [2.45, 2.75) is 6.92 Å². The number of urea groups is 1. The average molecular weight is 388 g/mol. The van der Waals surface area contributed by atoms with Crippen molar-refractivity contribution in [3.05, 3.63) is 24.3 Å². The molecule has 8 nitrogen and oxygen atoms in total. The third-order valence-corrected chi connectivity index (χ3v) is 6.11. The molecule has 2 aromatic rings. The van der Waals surface area contributed by atoms with E-state index < -0.39 is 0 Å². The van der Waals surface area contributed by atoms with Gasteiger partial charge in [-0.25, -0.2) is 4.79 Å². The molecule has 27 heavy (non-hydrogen) atoms. The van der Waals surface area contributed by atoms with Crippen molar-refractivity contribution in [2.75, 3.05) is 67.6 Å². The Bertz CT molecular complexity index is 805. The van der Waals surface area contributed by atoms with Gasteiger partial charge in [0.15, 0.2) is 0 Å². The van der Waals surface area contributed by atoms with E-state index in [0.717, 1.165) is 49.3 Å². The van der Waals surface area contributed by atoms with Crippen molar-refractivity contribution in [1.82, 2.24) is 15.1 Å². The Kier molecular flexibility index (Phi) is 5.13. The molecule has 0 unspecified atom stereocenters. The lowest BCUT2D eigenvalue weighted by molar-refractivity contribution is 0.256. The van der Waals surface area contributed by atoms with Crippen LogP contribution < -0.4 is 19.4 Å². The van der Waals surface area contributed by atoms with Gasteiger partial charge in [0.25, 0.3) is 0 Å². The number of benzene rings is 1. The summed E-state index contributed by atoms with van der Waals surface area (Å²) in [6, 6.07) is 7.49. The van der Waals surface area contributed by atoms with Gasteiger partial charge in [-0.3, -0.25) is 9.80 Å². The van der Waals surface area contributed by atoms with E-state index in [-0.39, 0.29) is 6.03 Å². The summed E-state index contributed by atoms with van der Waals surface area (Å²) in [5, 5.41) is 10.2. The SMILES string of the molecule is CCN1CCN(c2nnc(N3CCN(c4cccc(OC)c4)C3=O)s2)CC1. The highest BCUT2D eigenvalue weighted by molar-refractivity contribution is 7.19. The van der Waals surface area contributed by atoms with Crippen LogP contribution in [-0.4, -0.2) is 74.1 Å². The summed E-state index contributed by atoms with van der Waals surface area (Å²) >= 11 is 1.49. The largest absolute Gasteiger partial charge is 0.497 e. The van der Waals surface area contributed by atoms with E-state index in [2.05, 4.69) is 26.9 Å². The smallest absolute Gasteiger partial charge is 0.330 e. The zero-order valence-corrected chi connectivity index (χ0v) is 16.5. The van der Waals surface area contributed by atoms with Gasteiger partial charge in [0.05, 0.1) is 7.11 Å². The number of carbonyl (C=O) groups excluding carboxylic acids is 1. The normalized spacial score (nSPS) is 18.4. The average Bonchev–Trinajstić information content (AvgIpc) is 3.35. The second-order valence-electron chi connectivity index (χ2n) is 6.58. The fourth-order valence-corrected chi connectivity index (χ4v) is 4.35. The molecule has 9 heteroatoms. The van der Waals surface area contributed by atoms with Gasteiger partial charge in [-0.05, 0) is 18.7 Å². The van der Waals surface area contributed by atoms with E-state index in [9.17, 15) is 4.79 Å². The van der Waals surface area contributed by atoms with E-state index in [1.165, 1.54) is 11.3 Å². The molecule has 1 aromatic heterocycles. The molecule has 2 aliphatic heterocycles. The number of amides is 2. The molecule has 144 valence electrons. The number of anilines is 3.